The summed E-state index contributed by atoms with van der Waals surface area (Å²) in [7, 11) is 1.00. The Morgan fingerprint density at radius 3 is 1.83 bits per heavy atom. The van der Waals surface area contributed by atoms with Crippen LogP contribution in [0.3, 0.4) is 0 Å². The fourth-order valence-corrected chi connectivity index (χ4v) is 0. The topological polar surface area (TPSA) is 70.0 Å². The fourth-order valence-electron chi connectivity index (χ4n) is 0. The first-order chi connectivity index (χ1) is 2.41. The third-order valence-electron chi connectivity index (χ3n) is 0. The van der Waals surface area contributed by atoms with E-state index in [1.807, 2.05) is 0 Å². The van der Waals surface area contributed by atoms with E-state index >= 15 is 0 Å². The molecule has 0 aromatic heterocycles. The van der Waals surface area contributed by atoms with Gasteiger partial charge in [-0.3, -0.25) is 0 Å². The summed E-state index contributed by atoms with van der Waals surface area (Å²) in [6.07, 6.45) is 1.25. The number of nitrogens with two attached hydrogens (primary N) is 1. The van der Waals surface area contributed by atoms with Crippen LogP contribution in [-0.2, 0) is 0 Å². The zero-order valence-corrected chi connectivity index (χ0v) is 5.97. The molecule has 0 aromatic carbocycles. The molecule has 0 aliphatic rings. The van der Waals surface area contributed by atoms with Crippen molar-refractivity contribution in [1.29, 1.82) is 5.26 Å². The van der Waals surface area contributed by atoms with E-state index in [1.165, 1.54) is 6.19 Å². The zero-order valence-electron chi connectivity index (χ0n) is 4.97. The maximum absolute atomic E-state index is 7.10. The van der Waals surface area contributed by atoms with E-state index in [-0.39, 0.29) is 31.0 Å². The molecule has 32 valence electrons. The van der Waals surface area contributed by atoms with Crippen LogP contribution in [0.1, 0.15) is 1.43 Å². The summed E-state index contributed by atoms with van der Waals surface area (Å²) in [6.45, 7) is 0. The van der Waals surface area contributed by atoms with Crippen LogP contribution in [0.2, 0.25) is 0 Å². The molecule has 0 heterocycles. The molecule has 0 atom stereocenters. The molecule has 0 bridgehead atoms. The van der Waals surface area contributed by atoms with Crippen molar-refractivity contribution in [3.8, 4) is 6.19 Å². The molecule has 0 amide bonds. The van der Waals surface area contributed by atoms with Crippen molar-refractivity contribution in [3.05, 3.63) is 0 Å². The molecule has 0 aromatic rings. The monoisotopic (exact) mass is 98.0 g/mol. The van der Waals surface area contributed by atoms with Crippen LogP contribution in [0, 0.1) is 11.5 Å². The summed E-state index contributed by atoms with van der Waals surface area (Å²) >= 11 is 0. The van der Waals surface area contributed by atoms with Crippen molar-refractivity contribution < 1.29 is 36.1 Å². The van der Waals surface area contributed by atoms with Crippen LogP contribution in [0.5, 0.6) is 0 Å². The van der Waals surface area contributed by atoms with Crippen LogP contribution >= 0.6 is 0 Å². The Bertz CT molecular complexity index is 37.2. The van der Waals surface area contributed by atoms with E-state index in [0.29, 0.717) is 0 Å². The van der Waals surface area contributed by atoms with Gasteiger partial charge < -0.3 is 12.3 Å². The van der Waals surface area contributed by atoms with Gasteiger partial charge in [0.25, 0.3) is 0 Å². The largest absolute Gasteiger partial charge is 1.00 e. The second kappa shape index (κ2) is 60.7. The van der Waals surface area contributed by atoms with Crippen LogP contribution < -0.4 is 35.3 Å². The summed E-state index contributed by atoms with van der Waals surface area (Å²) in [5.74, 6) is 0. The Hall–Kier alpha value is 0.250. The molecular weight excluding hydrogens is 91.0 g/mol. The van der Waals surface area contributed by atoms with Gasteiger partial charge in [0.1, 0.15) is 0 Å². The molecule has 0 aliphatic heterocycles. The van der Waals surface area contributed by atoms with Gasteiger partial charge in [0.15, 0.2) is 6.19 Å². The van der Waals surface area contributed by atoms with Crippen LogP contribution in [0.15, 0.2) is 0 Å². The third kappa shape index (κ3) is 718. The van der Waals surface area contributed by atoms with Crippen molar-refractivity contribution >= 4 is 0 Å². The summed E-state index contributed by atoms with van der Waals surface area (Å²) in [6, 6.07) is 0. The Labute approximate surface area is 60.5 Å². The van der Waals surface area contributed by atoms with Gasteiger partial charge in [-0.1, -0.05) is 0 Å². The van der Waals surface area contributed by atoms with Gasteiger partial charge in [-0.05, 0) is 0 Å². The SMILES string of the molecule is CO.N#CN.[H-].[Na+]. The van der Waals surface area contributed by atoms with E-state index in [4.69, 9.17) is 10.4 Å². The summed E-state index contributed by atoms with van der Waals surface area (Å²) in [5, 5.41) is 14.1. The van der Waals surface area contributed by atoms with Crippen molar-refractivity contribution in [2.24, 2.45) is 5.73 Å². The average molecular weight is 98.1 g/mol. The van der Waals surface area contributed by atoms with Crippen molar-refractivity contribution in [1.82, 2.24) is 0 Å². The first-order valence-corrected chi connectivity index (χ1v) is 0.959. The number of rotatable bonds is 0. The normalized spacial score (nSPS) is 2.17. The molecule has 4 heteroatoms. The van der Waals surface area contributed by atoms with Gasteiger partial charge in [-0.15, -0.1) is 0 Å². The number of nitriles is 1. The second-order valence-electron chi connectivity index (χ2n) is 0.129. The first-order valence-electron chi connectivity index (χ1n) is 0.959. The van der Waals surface area contributed by atoms with Crippen LogP contribution in [0.4, 0.5) is 0 Å². The van der Waals surface area contributed by atoms with Crippen molar-refractivity contribution in [2.75, 3.05) is 7.11 Å². The Morgan fingerprint density at radius 1 is 1.83 bits per heavy atom. The molecule has 0 saturated carbocycles. The van der Waals surface area contributed by atoms with E-state index < -0.39 is 0 Å². The number of aliphatic hydroxyl groups excluding tert-OH is 1. The van der Waals surface area contributed by atoms with Gasteiger partial charge in [-0.2, -0.15) is 5.26 Å². The van der Waals surface area contributed by atoms with E-state index in [9.17, 15) is 0 Å². The number of hydrogen-bond donors (Lipinski definition) is 2. The van der Waals surface area contributed by atoms with Gasteiger partial charge in [0, 0.05) is 7.11 Å². The standard InChI is InChI=1S/CH2N2.CH4O.Na.H/c2-1-3;1-2;;/h2H2;2H,1H3;;/q;;+1;-1. The van der Waals surface area contributed by atoms with Gasteiger partial charge >= 0.3 is 29.6 Å². The first kappa shape index (κ1) is 16.3. The summed E-state index contributed by atoms with van der Waals surface area (Å²) in [5.41, 5.74) is 4.15. The summed E-state index contributed by atoms with van der Waals surface area (Å²) < 4.78 is 0. The molecule has 0 unspecified atom stereocenters. The smallest absolute Gasteiger partial charge is 1.00 e. The van der Waals surface area contributed by atoms with E-state index in [2.05, 4.69) is 5.73 Å². The number of aliphatic hydroxyl groups is 1. The molecule has 0 radical (unpaired) electrons. The quantitative estimate of drug-likeness (QED) is 0.185. The molecule has 0 aliphatic carbocycles. The fraction of sp³-hybridized carbons (Fsp3) is 0.500. The van der Waals surface area contributed by atoms with Gasteiger partial charge in [0.05, 0.1) is 0 Å². The van der Waals surface area contributed by atoms with Gasteiger partial charge in [-0.25, -0.2) is 0 Å². The predicted octanol–water partition coefficient (Wildman–Crippen LogP) is -3.85. The van der Waals surface area contributed by atoms with Crippen molar-refractivity contribution in [3.63, 3.8) is 0 Å². The van der Waals surface area contributed by atoms with E-state index in [1.54, 1.807) is 0 Å². The van der Waals surface area contributed by atoms with Crippen molar-refractivity contribution in [2.45, 2.75) is 0 Å². The second-order valence-corrected chi connectivity index (χ2v) is 0.129. The van der Waals surface area contributed by atoms with Crippen LogP contribution in [0.25, 0.3) is 0 Å². The minimum Gasteiger partial charge on any atom is -1.00 e. The molecule has 0 fully saturated rings. The molecular formula is C2H7N2NaO. The number of nitrogens with zero attached hydrogens (tertiary/aromatic N) is 1. The average Bonchev–Trinajstić information content (AvgIpc) is 1.46. The molecule has 0 spiro atoms. The minimum atomic E-state index is 0. The molecule has 6 heavy (non-hydrogen) atoms. The van der Waals surface area contributed by atoms with Crippen LogP contribution in [-0.4, -0.2) is 12.2 Å². The third-order valence-corrected chi connectivity index (χ3v) is 0. The minimum absolute atomic E-state index is 0. The maximum atomic E-state index is 7.10. The predicted molar refractivity (Wildman–Crippen MR) is 19.1 cm³/mol. The van der Waals surface area contributed by atoms with E-state index in [0.717, 1.165) is 7.11 Å². The Kier molecular flexibility index (Phi) is 165. The molecule has 3 N–H and O–H groups in total. The zero-order chi connectivity index (χ0) is 4.71. The molecule has 3 nitrogen and oxygen atoms in total. The molecule has 0 saturated heterocycles. The number of hydrogen-bond acceptors (Lipinski definition) is 3. The van der Waals surface area contributed by atoms with Gasteiger partial charge in [0.2, 0.25) is 0 Å². The molecule has 0 rings (SSSR count). The Balaban J connectivity index is -0.0000000105. The maximum Gasteiger partial charge on any atom is 1.00 e. The Morgan fingerprint density at radius 2 is 1.83 bits per heavy atom. The summed E-state index contributed by atoms with van der Waals surface area (Å²) in [4.78, 5) is 0.